The van der Waals surface area contributed by atoms with Crippen LogP contribution in [0.5, 0.6) is 0 Å². The molecule has 1 amide bonds. The van der Waals surface area contributed by atoms with Gasteiger partial charge in [-0.15, -0.1) is 0 Å². The summed E-state index contributed by atoms with van der Waals surface area (Å²) in [4.78, 5) is 14.9. The molecule has 5 heteroatoms. The molecule has 1 aliphatic heterocycles. The molecule has 2 atom stereocenters. The number of hydrogen-bond donors (Lipinski definition) is 2. The number of carbonyl (C=O) groups excluding carboxylic acids is 1. The number of benzene rings is 1. The lowest BCUT2D eigenvalue weighted by molar-refractivity contribution is -0.117. The number of anilines is 1. The third-order valence-electron chi connectivity index (χ3n) is 5.03. The van der Waals surface area contributed by atoms with Gasteiger partial charge in [0.1, 0.15) is 5.76 Å². The predicted molar refractivity (Wildman–Crippen MR) is 104 cm³/mol. The van der Waals surface area contributed by atoms with Gasteiger partial charge < -0.3 is 15.1 Å². The molecule has 0 unspecified atom stereocenters. The topological polar surface area (TPSA) is 57.5 Å². The molecule has 2 aromatic rings. The van der Waals surface area contributed by atoms with E-state index < -0.39 is 0 Å². The number of likely N-dealkylation sites (tertiary alicyclic amines) is 1. The van der Waals surface area contributed by atoms with Crippen molar-refractivity contribution < 1.29 is 9.21 Å². The van der Waals surface area contributed by atoms with Crippen molar-refractivity contribution in [2.24, 2.45) is 0 Å². The first-order valence-electron chi connectivity index (χ1n) is 9.52. The second kappa shape index (κ2) is 9.01. The van der Waals surface area contributed by atoms with Gasteiger partial charge in [-0.2, -0.15) is 0 Å². The molecule has 2 heterocycles. The van der Waals surface area contributed by atoms with E-state index in [-0.39, 0.29) is 18.0 Å². The Hall–Kier alpha value is -2.11. The molecule has 0 aliphatic carbocycles. The van der Waals surface area contributed by atoms with E-state index in [9.17, 15) is 4.79 Å². The number of nitrogens with zero attached hydrogens (tertiary/aromatic N) is 1. The molecule has 140 valence electrons. The van der Waals surface area contributed by atoms with Crippen LogP contribution >= 0.6 is 0 Å². The van der Waals surface area contributed by atoms with E-state index in [2.05, 4.69) is 15.5 Å². The summed E-state index contributed by atoms with van der Waals surface area (Å²) in [5.41, 5.74) is 2.00. The summed E-state index contributed by atoms with van der Waals surface area (Å²) < 4.78 is 5.67. The first-order valence-corrected chi connectivity index (χ1v) is 9.52. The molecule has 1 aliphatic rings. The van der Waals surface area contributed by atoms with Crippen molar-refractivity contribution in [3.8, 4) is 0 Å². The summed E-state index contributed by atoms with van der Waals surface area (Å²) in [7, 11) is 0. The second-order valence-corrected chi connectivity index (χ2v) is 7.11. The monoisotopic (exact) mass is 355 g/mol. The molecule has 0 bridgehead atoms. The minimum atomic E-state index is -0.279. The van der Waals surface area contributed by atoms with E-state index in [1.807, 2.05) is 50.2 Å². The third kappa shape index (κ3) is 4.96. The van der Waals surface area contributed by atoms with E-state index in [0.717, 1.165) is 24.5 Å². The Morgan fingerprint density at radius 2 is 1.88 bits per heavy atom. The summed E-state index contributed by atoms with van der Waals surface area (Å²) in [5.74, 6) is 0.941. The number of furan rings is 1. The zero-order valence-corrected chi connectivity index (χ0v) is 15.7. The second-order valence-electron chi connectivity index (χ2n) is 7.11. The van der Waals surface area contributed by atoms with Crippen LogP contribution in [0.2, 0.25) is 0 Å². The molecule has 1 aromatic carbocycles. The largest absolute Gasteiger partial charge is 0.468 e. The van der Waals surface area contributed by atoms with E-state index in [1.54, 1.807) is 6.26 Å². The van der Waals surface area contributed by atoms with Gasteiger partial charge in [0.25, 0.3) is 0 Å². The molecule has 5 nitrogen and oxygen atoms in total. The standard InChI is InChI=1S/C21H29N3O2/c1-16-8-10-18(11-9-16)23-21(25)17(2)22-15-19(20-7-6-14-26-20)24-12-4-3-5-13-24/h6-11,14,17,19,22H,3-5,12-13,15H2,1-2H3,(H,23,25)/t17-,19-/m0/s1. The van der Waals surface area contributed by atoms with Crippen LogP contribution in [0.15, 0.2) is 47.1 Å². The molecule has 3 rings (SSSR count). The van der Waals surface area contributed by atoms with Gasteiger partial charge in [0.05, 0.1) is 18.3 Å². The van der Waals surface area contributed by atoms with Gasteiger partial charge in [0.2, 0.25) is 5.91 Å². The maximum absolute atomic E-state index is 12.5. The Morgan fingerprint density at radius 1 is 1.15 bits per heavy atom. The van der Waals surface area contributed by atoms with Crippen molar-refractivity contribution in [1.29, 1.82) is 0 Å². The zero-order chi connectivity index (χ0) is 18.4. The fourth-order valence-corrected chi connectivity index (χ4v) is 3.39. The molecule has 1 saturated heterocycles. The summed E-state index contributed by atoms with van der Waals surface area (Å²) >= 11 is 0. The van der Waals surface area contributed by atoms with E-state index in [0.29, 0.717) is 6.54 Å². The van der Waals surface area contributed by atoms with Crippen LogP contribution in [0.3, 0.4) is 0 Å². The number of hydrogen-bond acceptors (Lipinski definition) is 4. The van der Waals surface area contributed by atoms with Crippen LogP contribution in [-0.4, -0.2) is 36.5 Å². The molecule has 2 N–H and O–H groups in total. The number of rotatable bonds is 7. The number of aryl methyl sites for hydroxylation is 1. The van der Waals surface area contributed by atoms with E-state index >= 15 is 0 Å². The average molecular weight is 355 g/mol. The summed E-state index contributed by atoms with van der Waals surface area (Å²) in [6.07, 6.45) is 5.46. The van der Waals surface area contributed by atoms with Gasteiger partial charge in [-0.1, -0.05) is 24.1 Å². The predicted octanol–water partition coefficient (Wildman–Crippen LogP) is 3.73. The summed E-state index contributed by atoms with van der Waals surface area (Å²) in [6.45, 7) is 6.79. The lowest BCUT2D eigenvalue weighted by Crippen LogP contribution is -2.44. The quantitative estimate of drug-likeness (QED) is 0.794. The molecule has 0 saturated carbocycles. The summed E-state index contributed by atoms with van der Waals surface area (Å²) in [5, 5.41) is 6.35. The maximum Gasteiger partial charge on any atom is 0.241 e. The van der Waals surface area contributed by atoms with E-state index in [4.69, 9.17) is 4.42 Å². The molecule has 0 spiro atoms. The molecule has 0 radical (unpaired) electrons. The van der Waals surface area contributed by atoms with Crippen LogP contribution in [0.4, 0.5) is 5.69 Å². The SMILES string of the molecule is Cc1ccc(NC(=O)[C@H](C)NC[C@@H](c2ccco2)N2CCCCC2)cc1. The van der Waals surface area contributed by atoms with Crippen LogP contribution in [-0.2, 0) is 4.79 Å². The van der Waals surface area contributed by atoms with Crippen molar-refractivity contribution in [1.82, 2.24) is 10.2 Å². The van der Waals surface area contributed by atoms with Crippen molar-refractivity contribution in [3.63, 3.8) is 0 Å². The molecular weight excluding hydrogens is 326 g/mol. The van der Waals surface area contributed by atoms with Crippen LogP contribution in [0.1, 0.15) is 43.6 Å². The average Bonchev–Trinajstić information content (AvgIpc) is 3.19. The van der Waals surface area contributed by atoms with Crippen molar-refractivity contribution in [2.75, 3.05) is 25.0 Å². The molecule has 1 fully saturated rings. The van der Waals surface area contributed by atoms with Crippen molar-refractivity contribution in [2.45, 2.75) is 45.2 Å². The van der Waals surface area contributed by atoms with Gasteiger partial charge >= 0.3 is 0 Å². The Morgan fingerprint density at radius 3 is 2.54 bits per heavy atom. The molecule has 26 heavy (non-hydrogen) atoms. The highest BCUT2D eigenvalue weighted by Crippen LogP contribution is 2.24. The zero-order valence-electron chi connectivity index (χ0n) is 15.7. The Balaban J connectivity index is 1.57. The lowest BCUT2D eigenvalue weighted by Gasteiger charge is -2.34. The van der Waals surface area contributed by atoms with E-state index in [1.165, 1.54) is 24.8 Å². The van der Waals surface area contributed by atoms with Gasteiger partial charge in [0.15, 0.2) is 0 Å². The van der Waals surface area contributed by atoms with Crippen LogP contribution in [0, 0.1) is 6.92 Å². The maximum atomic E-state index is 12.5. The van der Waals surface area contributed by atoms with Gasteiger partial charge in [0, 0.05) is 12.2 Å². The van der Waals surface area contributed by atoms with Crippen LogP contribution < -0.4 is 10.6 Å². The Bertz CT molecular complexity index is 676. The van der Waals surface area contributed by atoms with Gasteiger partial charge in [-0.05, 0) is 64.0 Å². The lowest BCUT2D eigenvalue weighted by atomic mass is 10.1. The fraction of sp³-hybridized carbons (Fsp3) is 0.476. The van der Waals surface area contributed by atoms with Gasteiger partial charge in [-0.3, -0.25) is 9.69 Å². The molecule has 1 aromatic heterocycles. The van der Waals surface area contributed by atoms with Crippen LogP contribution in [0.25, 0.3) is 0 Å². The number of carbonyl (C=O) groups is 1. The number of piperidine rings is 1. The highest BCUT2D eigenvalue weighted by molar-refractivity contribution is 5.94. The van der Waals surface area contributed by atoms with Crippen molar-refractivity contribution >= 4 is 11.6 Å². The number of amides is 1. The Kier molecular flexibility index (Phi) is 6.47. The minimum Gasteiger partial charge on any atom is -0.468 e. The minimum absolute atomic E-state index is 0.0225. The first-order chi connectivity index (χ1) is 12.6. The summed E-state index contributed by atoms with van der Waals surface area (Å²) in [6, 6.07) is 11.7. The normalized spacial score (nSPS) is 17.6. The number of nitrogens with one attached hydrogen (secondary N) is 2. The fourth-order valence-electron chi connectivity index (χ4n) is 3.39. The Labute approximate surface area is 155 Å². The smallest absolute Gasteiger partial charge is 0.241 e. The highest BCUT2D eigenvalue weighted by Gasteiger charge is 2.25. The third-order valence-corrected chi connectivity index (χ3v) is 5.03. The van der Waals surface area contributed by atoms with Crippen molar-refractivity contribution in [3.05, 3.63) is 54.0 Å². The first kappa shape index (κ1) is 18.7. The van der Waals surface area contributed by atoms with Gasteiger partial charge in [-0.25, -0.2) is 0 Å². The molecular formula is C21H29N3O2. The highest BCUT2D eigenvalue weighted by atomic mass is 16.3.